The molecule has 1 amide bonds. The maximum atomic E-state index is 14.0. The lowest BCUT2D eigenvalue weighted by atomic mass is 9.82. The van der Waals surface area contributed by atoms with Crippen molar-refractivity contribution in [2.75, 3.05) is 0 Å². The van der Waals surface area contributed by atoms with Crippen LogP contribution in [0.25, 0.3) is 10.9 Å². The third-order valence-corrected chi connectivity index (χ3v) is 7.00. The van der Waals surface area contributed by atoms with Gasteiger partial charge in [-0.3, -0.25) is 9.59 Å². The van der Waals surface area contributed by atoms with Crippen molar-refractivity contribution in [2.45, 2.75) is 31.1 Å². The number of amides is 1. The van der Waals surface area contributed by atoms with Gasteiger partial charge in [0.1, 0.15) is 17.1 Å². The SMILES string of the molecule is CC(C)c1ccc2c(c1)OC1(O)c3cccc([NH3+])c3C(=O)C21NC(=O)c1cc2ccccc2[nH]1. The van der Waals surface area contributed by atoms with Crippen LogP contribution in [0.15, 0.2) is 66.7 Å². The molecule has 1 aliphatic heterocycles. The topological polar surface area (TPSA) is 119 Å². The molecule has 6 rings (SSSR count). The highest BCUT2D eigenvalue weighted by Crippen LogP contribution is 2.59. The summed E-state index contributed by atoms with van der Waals surface area (Å²) in [5.74, 6) is -2.48. The minimum Gasteiger partial charge on any atom is -0.454 e. The summed E-state index contributed by atoms with van der Waals surface area (Å²) in [6.07, 6.45) is 0. The number of aromatic amines is 1. The number of quaternary nitrogens is 1. The number of ether oxygens (including phenoxy) is 1. The lowest BCUT2D eigenvalue weighted by Gasteiger charge is -2.34. The van der Waals surface area contributed by atoms with Gasteiger partial charge < -0.3 is 25.9 Å². The molecule has 1 aromatic heterocycles. The summed E-state index contributed by atoms with van der Waals surface area (Å²) in [6.45, 7) is 4.10. The first-order chi connectivity index (χ1) is 16.3. The Morgan fingerprint density at radius 2 is 1.85 bits per heavy atom. The first-order valence-corrected chi connectivity index (χ1v) is 11.2. The lowest BCUT2D eigenvalue weighted by Crippen LogP contribution is -2.60. The van der Waals surface area contributed by atoms with E-state index in [1.54, 1.807) is 30.3 Å². The average molecular weight is 455 g/mol. The highest BCUT2D eigenvalue weighted by Gasteiger charge is 2.72. The van der Waals surface area contributed by atoms with Crippen LogP contribution in [0.3, 0.4) is 0 Å². The molecule has 1 aliphatic carbocycles. The summed E-state index contributed by atoms with van der Waals surface area (Å²) >= 11 is 0. The van der Waals surface area contributed by atoms with Gasteiger partial charge in [0, 0.05) is 22.0 Å². The van der Waals surface area contributed by atoms with Crippen molar-refractivity contribution in [1.82, 2.24) is 10.3 Å². The lowest BCUT2D eigenvalue weighted by molar-refractivity contribution is -0.255. The van der Waals surface area contributed by atoms with Gasteiger partial charge in [-0.2, -0.15) is 0 Å². The van der Waals surface area contributed by atoms with Crippen LogP contribution < -0.4 is 15.8 Å². The molecule has 4 aromatic rings. The average Bonchev–Trinajstić information content (AvgIpc) is 3.41. The summed E-state index contributed by atoms with van der Waals surface area (Å²) in [7, 11) is 0. The van der Waals surface area contributed by atoms with Gasteiger partial charge in [-0.1, -0.05) is 56.3 Å². The smallest absolute Gasteiger partial charge is 0.271 e. The van der Waals surface area contributed by atoms with Gasteiger partial charge in [-0.05, 0) is 35.7 Å². The number of benzene rings is 3. The summed E-state index contributed by atoms with van der Waals surface area (Å²) in [5, 5.41) is 15.8. The number of rotatable bonds is 3. The Labute approximate surface area is 195 Å². The number of carbonyl (C=O) groups is 2. The Kier molecular flexibility index (Phi) is 4.12. The van der Waals surface area contributed by atoms with Gasteiger partial charge in [0.25, 0.3) is 11.7 Å². The number of Topliss-reactive ketones (excluding diaryl/α,β-unsaturated/α-hetero) is 1. The van der Waals surface area contributed by atoms with Crippen molar-refractivity contribution in [3.8, 4) is 5.75 Å². The fraction of sp³-hybridized carbons (Fsp3) is 0.185. The Morgan fingerprint density at radius 3 is 2.62 bits per heavy atom. The second-order valence-corrected chi connectivity index (χ2v) is 9.30. The van der Waals surface area contributed by atoms with Gasteiger partial charge >= 0.3 is 0 Å². The fourth-order valence-corrected chi connectivity index (χ4v) is 5.22. The number of fused-ring (bicyclic) bond motifs is 6. The molecule has 3 aromatic carbocycles. The maximum Gasteiger partial charge on any atom is 0.271 e. The molecular weight excluding hydrogens is 430 g/mol. The normalized spacial score (nSPS) is 22.4. The highest BCUT2D eigenvalue weighted by atomic mass is 16.6. The number of nitrogens with one attached hydrogen (secondary N) is 2. The number of para-hydroxylation sites is 1. The van der Waals surface area contributed by atoms with Crippen LogP contribution in [-0.4, -0.2) is 21.8 Å². The molecule has 34 heavy (non-hydrogen) atoms. The highest BCUT2D eigenvalue weighted by molar-refractivity contribution is 6.15. The third-order valence-electron chi connectivity index (χ3n) is 7.00. The quantitative estimate of drug-likeness (QED) is 0.380. The minimum absolute atomic E-state index is 0.218. The van der Waals surface area contributed by atoms with Crippen LogP contribution in [0.2, 0.25) is 0 Å². The number of hydrogen-bond acceptors (Lipinski definition) is 4. The van der Waals surface area contributed by atoms with Crippen LogP contribution in [0.4, 0.5) is 5.69 Å². The molecule has 2 aliphatic rings. The molecule has 6 N–H and O–H groups in total. The largest absolute Gasteiger partial charge is 0.454 e. The van der Waals surface area contributed by atoms with E-state index in [1.807, 2.05) is 36.4 Å². The van der Waals surface area contributed by atoms with Crippen LogP contribution in [0.5, 0.6) is 5.75 Å². The van der Waals surface area contributed by atoms with E-state index in [-0.39, 0.29) is 17.2 Å². The van der Waals surface area contributed by atoms with Gasteiger partial charge in [-0.15, -0.1) is 0 Å². The van der Waals surface area contributed by atoms with E-state index in [9.17, 15) is 14.7 Å². The van der Waals surface area contributed by atoms with E-state index in [0.29, 0.717) is 22.6 Å². The number of aromatic nitrogens is 1. The molecule has 0 bridgehead atoms. The first kappa shape index (κ1) is 20.7. The van der Waals surface area contributed by atoms with Crippen LogP contribution in [0, 0.1) is 0 Å². The molecule has 0 fully saturated rings. The van der Waals surface area contributed by atoms with Gasteiger partial charge in [0.15, 0.2) is 0 Å². The molecule has 2 heterocycles. The first-order valence-electron chi connectivity index (χ1n) is 11.2. The summed E-state index contributed by atoms with van der Waals surface area (Å²) < 4.78 is 6.14. The van der Waals surface area contributed by atoms with Crippen LogP contribution in [0.1, 0.15) is 57.3 Å². The number of hydrogen-bond donors (Lipinski definition) is 4. The predicted molar refractivity (Wildman–Crippen MR) is 126 cm³/mol. The Morgan fingerprint density at radius 1 is 1.06 bits per heavy atom. The second kappa shape index (κ2) is 6.79. The number of ketones is 1. The van der Waals surface area contributed by atoms with Gasteiger partial charge in [-0.25, -0.2) is 0 Å². The standard InChI is InChI=1S/C27H23N3O4/c1-14(2)15-10-11-17-22(13-15)34-27(33)18-7-5-8-19(28)23(18)24(31)26(17,27)30-25(32)21-12-16-6-3-4-9-20(16)29-21/h3-14,29,33H,28H2,1-2H3,(H,30,32)/p+1. The van der Waals surface area contributed by atoms with Crippen molar-refractivity contribution in [3.05, 3.63) is 94.7 Å². The minimum atomic E-state index is -2.10. The van der Waals surface area contributed by atoms with Crippen molar-refractivity contribution < 1.29 is 25.2 Å². The van der Waals surface area contributed by atoms with Crippen molar-refractivity contribution >= 4 is 28.3 Å². The molecule has 7 nitrogen and oxygen atoms in total. The number of H-pyrrole nitrogens is 1. The Bertz CT molecular complexity index is 1490. The zero-order chi connectivity index (χ0) is 23.8. The zero-order valence-electron chi connectivity index (χ0n) is 18.8. The van der Waals surface area contributed by atoms with E-state index in [4.69, 9.17) is 4.74 Å². The van der Waals surface area contributed by atoms with Gasteiger partial charge in [0.2, 0.25) is 11.3 Å². The molecule has 0 saturated heterocycles. The summed E-state index contributed by atoms with van der Waals surface area (Å²) in [5.41, 5.74) is 5.66. The monoisotopic (exact) mass is 454 g/mol. The Balaban J connectivity index is 1.55. The predicted octanol–water partition coefficient (Wildman–Crippen LogP) is 3.22. The van der Waals surface area contributed by atoms with Gasteiger partial charge in [0.05, 0.1) is 5.56 Å². The molecule has 0 saturated carbocycles. The molecule has 2 atom stereocenters. The van der Waals surface area contributed by atoms with Crippen molar-refractivity contribution in [3.63, 3.8) is 0 Å². The molecule has 2 unspecified atom stereocenters. The molecule has 0 radical (unpaired) electrons. The third kappa shape index (κ3) is 2.48. The Hall–Kier alpha value is -3.94. The number of aliphatic hydroxyl groups is 1. The molecular formula is C27H24N3O4+. The second-order valence-electron chi connectivity index (χ2n) is 9.30. The summed E-state index contributed by atoms with van der Waals surface area (Å²) in [6, 6.07) is 19.8. The maximum absolute atomic E-state index is 14.0. The van der Waals surface area contributed by atoms with E-state index in [1.165, 1.54) is 0 Å². The van der Waals surface area contributed by atoms with Crippen molar-refractivity contribution in [2.24, 2.45) is 0 Å². The van der Waals surface area contributed by atoms with E-state index in [0.717, 1.165) is 16.5 Å². The van der Waals surface area contributed by atoms with E-state index in [2.05, 4.69) is 29.9 Å². The van der Waals surface area contributed by atoms with E-state index < -0.39 is 23.0 Å². The van der Waals surface area contributed by atoms with Crippen LogP contribution in [-0.2, 0) is 11.3 Å². The summed E-state index contributed by atoms with van der Waals surface area (Å²) in [4.78, 5) is 30.7. The molecule has 7 heteroatoms. The number of carbonyl (C=O) groups excluding carboxylic acids is 2. The van der Waals surface area contributed by atoms with E-state index >= 15 is 0 Å². The molecule has 0 spiro atoms. The van der Waals surface area contributed by atoms with Crippen LogP contribution >= 0.6 is 0 Å². The fourth-order valence-electron chi connectivity index (χ4n) is 5.22. The zero-order valence-corrected chi connectivity index (χ0v) is 18.8. The molecule has 170 valence electrons. The van der Waals surface area contributed by atoms with Crippen molar-refractivity contribution in [1.29, 1.82) is 0 Å².